The number of nitrogens with two attached hydrogens (primary N) is 2. The number of aliphatic hydroxyl groups is 1. The number of aromatic nitrogens is 2. The minimum atomic E-state index is -1.01. The zero-order valence-corrected chi connectivity index (χ0v) is 46.6. The second-order valence-corrected chi connectivity index (χ2v) is 19.4. The summed E-state index contributed by atoms with van der Waals surface area (Å²) in [5, 5.41) is 15.5. The highest BCUT2D eigenvalue weighted by molar-refractivity contribution is 5.94. The van der Waals surface area contributed by atoms with Crippen molar-refractivity contribution in [1.29, 1.82) is 0 Å². The number of ketones is 2. The zero-order chi connectivity index (χ0) is 56.6. The van der Waals surface area contributed by atoms with E-state index in [2.05, 4.69) is 20.6 Å². The quantitative estimate of drug-likeness (QED) is 0.0623. The fourth-order valence-electron chi connectivity index (χ4n) is 10.3. The number of benzene rings is 2. The number of para-hydroxylation sites is 2. The van der Waals surface area contributed by atoms with Crippen LogP contribution < -0.4 is 36.3 Å². The maximum absolute atomic E-state index is 13.5. The molecule has 2 aliphatic heterocycles. The van der Waals surface area contributed by atoms with Gasteiger partial charge >= 0.3 is 0 Å². The van der Waals surface area contributed by atoms with Gasteiger partial charge in [-0.15, -0.1) is 0 Å². The molecule has 2 saturated heterocycles. The van der Waals surface area contributed by atoms with E-state index in [-0.39, 0.29) is 55.1 Å². The summed E-state index contributed by atoms with van der Waals surface area (Å²) in [7, 11) is 3.11. The molecule has 1 saturated carbocycles. The molecule has 18 nitrogen and oxygen atoms in total. The number of rotatable bonds is 20. The van der Waals surface area contributed by atoms with E-state index in [0.717, 1.165) is 24.0 Å². The van der Waals surface area contributed by atoms with Crippen molar-refractivity contribution in [1.82, 2.24) is 30.4 Å². The van der Waals surface area contributed by atoms with Gasteiger partial charge in [0.1, 0.15) is 41.5 Å². The third-order valence-corrected chi connectivity index (χ3v) is 14.2. The van der Waals surface area contributed by atoms with Crippen molar-refractivity contribution in [3.63, 3.8) is 0 Å². The van der Waals surface area contributed by atoms with Crippen molar-refractivity contribution in [2.45, 2.75) is 161 Å². The van der Waals surface area contributed by atoms with Crippen molar-refractivity contribution >= 4 is 35.2 Å². The Morgan fingerprint density at radius 1 is 0.649 bits per heavy atom. The molecular formula is C59H84N8O10. The molecule has 1 aliphatic carbocycles. The summed E-state index contributed by atoms with van der Waals surface area (Å²) in [6.45, 7) is 13.0. The maximum atomic E-state index is 13.5. The number of nitrogens with zero attached hydrogens (tertiary/aromatic N) is 4. The van der Waals surface area contributed by atoms with Crippen LogP contribution in [0.4, 0.5) is 0 Å². The van der Waals surface area contributed by atoms with Gasteiger partial charge in [-0.05, 0) is 87.4 Å². The molecule has 7 N–H and O–H groups in total. The largest absolute Gasteiger partial charge is 0.496 e. The number of carbonyl (C=O) groups excluding carboxylic acids is 6. The van der Waals surface area contributed by atoms with Gasteiger partial charge in [-0.3, -0.25) is 38.7 Å². The summed E-state index contributed by atoms with van der Waals surface area (Å²) in [4.78, 5) is 89.2. The number of ether oxygens (including phenoxy) is 3. The van der Waals surface area contributed by atoms with Gasteiger partial charge in [-0.1, -0.05) is 96.2 Å². The van der Waals surface area contributed by atoms with Gasteiger partial charge < -0.3 is 51.2 Å². The number of likely N-dealkylation sites (tertiary alicyclic amines) is 2. The first-order chi connectivity index (χ1) is 37.1. The van der Waals surface area contributed by atoms with Gasteiger partial charge in [-0.2, -0.15) is 0 Å². The van der Waals surface area contributed by atoms with Crippen LogP contribution in [0.25, 0.3) is 0 Å². The van der Waals surface area contributed by atoms with E-state index in [9.17, 15) is 33.9 Å². The third-order valence-electron chi connectivity index (χ3n) is 14.2. The third kappa shape index (κ3) is 18.2. The van der Waals surface area contributed by atoms with Crippen LogP contribution in [0.5, 0.6) is 17.2 Å². The van der Waals surface area contributed by atoms with Crippen LogP contribution in [0.1, 0.15) is 135 Å². The number of hydrogen-bond donors (Lipinski definition) is 5. The van der Waals surface area contributed by atoms with Gasteiger partial charge in [0.25, 0.3) is 0 Å². The summed E-state index contributed by atoms with van der Waals surface area (Å²) in [5.74, 6) is 0.759. The van der Waals surface area contributed by atoms with E-state index < -0.39 is 60.3 Å². The highest BCUT2D eigenvalue weighted by atomic mass is 16.5. The van der Waals surface area contributed by atoms with Gasteiger partial charge in [-0.25, -0.2) is 0 Å². The van der Waals surface area contributed by atoms with Gasteiger partial charge in [0, 0.05) is 73.8 Å². The Morgan fingerprint density at radius 2 is 1.13 bits per heavy atom. The van der Waals surface area contributed by atoms with Crippen LogP contribution in [0, 0.1) is 11.8 Å². The standard InChI is InChI=1S/C29H33N5O5.C26H39N3O5.2C2H6/c1-19(35)25(15-20-7-11-31-12-8-20)33-29(37)26-16-22(39-21-9-13-32-14-10-21)18-34(26)28(36)17-24(30)23-5-3-4-6-27(23)38-2;1-16(30)25(17(2)31)28-26(33)22-13-19(18-9-5-4-6-10-18)15-29(22)24(32)14-21(27)20-11-7-8-12-23(20)34-3;2*1-2/h3-14,22,24-26H,15-18,30H2,1-2H3,(H,33,37);7-8,11-12,16,18-19,21-22,25,30H,4-6,9-10,13-15,27H2,1-3H3,(H,28,33);2*1-2H3/t22?,24-,25-,26-;16?,19?,21?,22-,25-;;/m00../s1. The molecule has 0 bridgehead atoms. The Bertz CT molecular complexity index is 2480. The van der Waals surface area contributed by atoms with E-state index in [1.807, 2.05) is 70.2 Å². The first-order valence-electron chi connectivity index (χ1n) is 27.2. The Kier molecular flexibility index (Phi) is 26.2. The molecule has 7 rings (SSSR count). The fraction of sp³-hybridized carbons (Fsp3) is 0.525. The SMILES string of the molecule is CC.CC.COc1ccccc1C(N)CC(=O)N1CC(C2CCCCC2)C[C@H]1C(=O)N[C@H](C(C)=O)C(C)O.COc1ccccc1[C@@H](N)CC(=O)N1CC(Oc2ccncc2)C[C@H]1C(=O)N[C@@H](Cc1ccncc1)C(C)=O. The molecule has 420 valence electrons. The van der Waals surface area contributed by atoms with Crippen LogP contribution in [-0.2, 0) is 35.2 Å². The molecule has 2 aromatic heterocycles. The number of aliphatic hydroxyl groups excluding tert-OH is 1. The molecule has 3 aliphatic rings. The van der Waals surface area contributed by atoms with E-state index in [4.69, 9.17) is 25.7 Å². The molecule has 2 aromatic carbocycles. The van der Waals surface area contributed by atoms with Crippen molar-refractivity contribution in [3.05, 3.63) is 114 Å². The Hall–Kier alpha value is -6.76. The van der Waals surface area contributed by atoms with Crippen LogP contribution >= 0.6 is 0 Å². The highest BCUT2D eigenvalue weighted by Crippen LogP contribution is 2.39. The van der Waals surface area contributed by atoms with Crippen molar-refractivity contribution < 1.29 is 48.1 Å². The number of nitrogens with one attached hydrogen (secondary N) is 2. The Morgan fingerprint density at radius 3 is 1.62 bits per heavy atom. The van der Waals surface area contributed by atoms with Crippen LogP contribution in [0.3, 0.4) is 0 Å². The van der Waals surface area contributed by atoms with Gasteiger partial charge in [0.15, 0.2) is 11.6 Å². The molecule has 9 atom stereocenters. The lowest BCUT2D eigenvalue weighted by Crippen LogP contribution is -2.53. The van der Waals surface area contributed by atoms with Crippen LogP contribution in [0.2, 0.25) is 0 Å². The topological polar surface area (TPSA) is 259 Å². The van der Waals surface area contributed by atoms with Gasteiger partial charge in [0.2, 0.25) is 23.6 Å². The molecule has 77 heavy (non-hydrogen) atoms. The lowest BCUT2D eigenvalue weighted by Gasteiger charge is -2.28. The number of Topliss-reactive ketones (excluding diaryl/α,β-unsaturated/α-hetero) is 2. The zero-order valence-electron chi connectivity index (χ0n) is 46.6. The number of hydrogen-bond acceptors (Lipinski definition) is 14. The monoisotopic (exact) mass is 1060 g/mol. The second kappa shape index (κ2) is 32.1. The minimum Gasteiger partial charge on any atom is -0.496 e. The molecule has 0 spiro atoms. The number of pyridine rings is 2. The first kappa shape index (κ1) is 62.8. The number of amides is 4. The first-order valence-corrected chi connectivity index (χ1v) is 27.2. The average Bonchev–Trinajstić information content (AvgIpc) is 4.11. The van der Waals surface area contributed by atoms with E-state index in [1.54, 1.807) is 74.2 Å². The molecule has 4 aromatic rings. The van der Waals surface area contributed by atoms with Crippen LogP contribution in [-0.4, -0.2) is 124 Å². The number of methoxy groups -OCH3 is 2. The van der Waals surface area contributed by atoms with Crippen LogP contribution in [0.15, 0.2) is 97.6 Å². The highest BCUT2D eigenvalue weighted by Gasteiger charge is 2.44. The summed E-state index contributed by atoms with van der Waals surface area (Å²) in [6, 6.07) is 17.2. The normalized spacial score (nSPS) is 19.8. The molecule has 4 amide bonds. The summed E-state index contributed by atoms with van der Waals surface area (Å²) >= 11 is 0. The predicted molar refractivity (Wildman–Crippen MR) is 296 cm³/mol. The summed E-state index contributed by atoms with van der Waals surface area (Å²) in [5.41, 5.74) is 15.1. The Labute approximate surface area is 455 Å². The minimum absolute atomic E-state index is 0.0285. The lowest BCUT2D eigenvalue weighted by molar-refractivity contribution is -0.140. The number of carbonyl (C=O) groups is 6. The van der Waals surface area contributed by atoms with E-state index in [1.165, 1.54) is 44.9 Å². The second-order valence-electron chi connectivity index (χ2n) is 19.4. The molecular weight excluding hydrogens is 981 g/mol. The molecule has 18 heteroatoms. The van der Waals surface area contributed by atoms with E-state index >= 15 is 0 Å². The maximum Gasteiger partial charge on any atom is 0.243 e. The van der Waals surface area contributed by atoms with Crippen molar-refractivity contribution in [2.75, 3.05) is 27.3 Å². The fourth-order valence-corrected chi connectivity index (χ4v) is 10.3. The molecule has 3 fully saturated rings. The van der Waals surface area contributed by atoms with Crippen molar-refractivity contribution in [2.24, 2.45) is 23.3 Å². The molecule has 4 unspecified atom stereocenters. The predicted octanol–water partition coefficient (Wildman–Crippen LogP) is 6.63. The molecule has 0 radical (unpaired) electrons. The smallest absolute Gasteiger partial charge is 0.243 e. The summed E-state index contributed by atoms with van der Waals surface area (Å²) in [6.07, 6.45) is 12.1. The van der Waals surface area contributed by atoms with E-state index in [0.29, 0.717) is 48.1 Å². The average molecular weight is 1070 g/mol. The summed E-state index contributed by atoms with van der Waals surface area (Å²) < 4.78 is 16.9. The Balaban J connectivity index is 0.000000315. The lowest BCUT2D eigenvalue weighted by atomic mass is 9.79. The molecule has 4 heterocycles. The van der Waals surface area contributed by atoms with Gasteiger partial charge in [0.05, 0.1) is 32.9 Å². The van der Waals surface area contributed by atoms with Crippen molar-refractivity contribution in [3.8, 4) is 17.2 Å².